The van der Waals surface area contributed by atoms with Crippen molar-refractivity contribution in [2.24, 2.45) is 5.92 Å². The van der Waals surface area contributed by atoms with Crippen molar-refractivity contribution in [2.75, 3.05) is 19.6 Å². The number of alkyl halides is 2. The molecule has 0 aromatic heterocycles. The van der Waals surface area contributed by atoms with Crippen LogP contribution in [0.1, 0.15) is 36.9 Å². The lowest BCUT2D eigenvalue weighted by molar-refractivity contribution is -0.123. The van der Waals surface area contributed by atoms with Gasteiger partial charge < -0.3 is 10.1 Å². The summed E-state index contributed by atoms with van der Waals surface area (Å²) in [6, 6.07) is 15.7. The van der Waals surface area contributed by atoms with Crippen LogP contribution >= 0.6 is 0 Å². The Bertz CT molecular complexity index is 753. The molecule has 0 unspecified atom stereocenters. The Labute approximate surface area is 164 Å². The van der Waals surface area contributed by atoms with Gasteiger partial charge in [-0.1, -0.05) is 49.4 Å². The lowest BCUT2D eigenvalue weighted by atomic mass is 9.98. The fourth-order valence-corrected chi connectivity index (χ4v) is 3.69. The minimum absolute atomic E-state index is 0.0455. The van der Waals surface area contributed by atoms with E-state index in [2.05, 4.69) is 21.9 Å². The van der Waals surface area contributed by atoms with E-state index >= 15 is 0 Å². The van der Waals surface area contributed by atoms with Crippen molar-refractivity contribution in [1.29, 1.82) is 0 Å². The Morgan fingerprint density at radius 3 is 2.46 bits per heavy atom. The minimum Gasteiger partial charge on any atom is -0.435 e. The van der Waals surface area contributed by atoms with Gasteiger partial charge in [0.05, 0.1) is 12.6 Å². The van der Waals surface area contributed by atoms with Gasteiger partial charge in [0.2, 0.25) is 5.91 Å². The molecule has 2 atom stereocenters. The van der Waals surface area contributed by atoms with Gasteiger partial charge in [0.25, 0.3) is 0 Å². The van der Waals surface area contributed by atoms with Crippen molar-refractivity contribution < 1.29 is 18.3 Å². The molecule has 1 fully saturated rings. The number of nitrogens with one attached hydrogen (secondary N) is 1. The van der Waals surface area contributed by atoms with Crippen LogP contribution in [0.4, 0.5) is 8.78 Å². The van der Waals surface area contributed by atoms with Gasteiger partial charge in [-0.3, -0.25) is 9.69 Å². The maximum Gasteiger partial charge on any atom is 0.387 e. The zero-order valence-electron chi connectivity index (χ0n) is 16.0. The molecule has 0 aliphatic carbocycles. The summed E-state index contributed by atoms with van der Waals surface area (Å²) in [5.74, 6) is 0.656. The maximum atomic E-state index is 12.7. The Hall–Kier alpha value is -2.47. The second-order valence-corrected chi connectivity index (χ2v) is 7.34. The number of ether oxygens (including phenoxy) is 1. The number of hydrogen-bond acceptors (Lipinski definition) is 3. The third-order valence-electron chi connectivity index (χ3n) is 4.99. The van der Waals surface area contributed by atoms with Crippen molar-refractivity contribution in [2.45, 2.75) is 32.4 Å². The van der Waals surface area contributed by atoms with E-state index in [4.69, 9.17) is 0 Å². The van der Waals surface area contributed by atoms with Gasteiger partial charge in [-0.15, -0.1) is 0 Å². The molecule has 6 heteroatoms. The molecular formula is C22H26F2N2O2. The van der Waals surface area contributed by atoms with Crippen LogP contribution in [0.2, 0.25) is 0 Å². The Balaban J connectivity index is 1.73. The topological polar surface area (TPSA) is 41.6 Å². The predicted octanol–water partition coefficient (Wildman–Crippen LogP) is 4.23. The third-order valence-corrected chi connectivity index (χ3v) is 4.99. The maximum absolute atomic E-state index is 12.7. The summed E-state index contributed by atoms with van der Waals surface area (Å²) >= 11 is 0. The van der Waals surface area contributed by atoms with Crippen LogP contribution in [0.15, 0.2) is 54.6 Å². The lowest BCUT2D eigenvalue weighted by Gasteiger charge is -2.31. The van der Waals surface area contributed by atoms with Crippen LogP contribution in [0, 0.1) is 5.92 Å². The summed E-state index contributed by atoms with van der Waals surface area (Å²) in [5.41, 5.74) is 1.75. The SMILES string of the molecule is C[C@@H]1CCCN(CC(=O)N[C@@H](c2ccccc2)c2ccc(OC(F)F)cc2)C1. The Morgan fingerprint density at radius 1 is 1.14 bits per heavy atom. The number of rotatable bonds is 7. The highest BCUT2D eigenvalue weighted by Crippen LogP contribution is 2.25. The second-order valence-electron chi connectivity index (χ2n) is 7.34. The molecule has 0 saturated carbocycles. The Kier molecular flexibility index (Phi) is 6.98. The van der Waals surface area contributed by atoms with Crippen molar-refractivity contribution in [3.05, 3.63) is 65.7 Å². The lowest BCUT2D eigenvalue weighted by Crippen LogP contribution is -2.43. The first kappa shape index (κ1) is 20.3. The highest BCUT2D eigenvalue weighted by atomic mass is 19.3. The quantitative estimate of drug-likeness (QED) is 0.772. The summed E-state index contributed by atoms with van der Waals surface area (Å²) < 4.78 is 29.2. The molecule has 2 aromatic rings. The zero-order valence-corrected chi connectivity index (χ0v) is 16.0. The van der Waals surface area contributed by atoms with E-state index < -0.39 is 6.61 Å². The number of amides is 1. The minimum atomic E-state index is -2.86. The molecular weight excluding hydrogens is 362 g/mol. The average molecular weight is 388 g/mol. The van der Waals surface area contributed by atoms with E-state index in [1.165, 1.54) is 18.6 Å². The largest absolute Gasteiger partial charge is 0.435 e. The van der Waals surface area contributed by atoms with Crippen molar-refractivity contribution in [3.63, 3.8) is 0 Å². The van der Waals surface area contributed by atoms with Crippen LogP contribution in [-0.2, 0) is 4.79 Å². The first-order valence-electron chi connectivity index (χ1n) is 9.62. The smallest absolute Gasteiger partial charge is 0.387 e. The number of likely N-dealkylation sites (tertiary alicyclic amines) is 1. The molecule has 0 radical (unpaired) electrons. The van der Waals surface area contributed by atoms with E-state index in [1.807, 2.05) is 30.3 Å². The molecule has 2 aromatic carbocycles. The first-order chi connectivity index (χ1) is 13.5. The van der Waals surface area contributed by atoms with Crippen molar-refractivity contribution in [3.8, 4) is 5.75 Å². The van der Waals surface area contributed by atoms with Gasteiger partial charge in [-0.25, -0.2) is 0 Å². The first-order valence-corrected chi connectivity index (χ1v) is 9.62. The third kappa shape index (κ3) is 5.76. The molecule has 1 saturated heterocycles. The van der Waals surface area contributed by atoms with Gasteiger partial charge in [0.1, 0.15) is 5.75 Å². The standard InChI is InChI=1S/C22H26F2N2O2/c1-16-6-5-13-26(14-16)15-20(27)25-21(17-7-3-2-4-8-17)18-9-11-19(12-10-18)28-22(23)24/h2-4,7-12,16,21-22H,5-6,13-15H2,1H3,(H,25,27)/t16-,21+/m1/s1. The highest BCUT2D eigenvalue weighted by Gasteiger charge is 2.22. The van der Waals surface area contributed by atoms with Crippen molar-refractivity contribution in [1.82, 2.24) is 10.2 Å². The molecule has 0 bridgehead atoms. The second kappa shape index (κ2) is 9.64. The van der Waals surface area contributed by atoms with E-state index in [-0.39, 0.29) is 17.7 Å². The molecule has 3 rings (SSSR count). The van der Waals surface area contributed by atoms with E-state index in [9.17, 15) is 13.6 Å². The number of nitrogens with zero attached hydrogens (tertiary/aromatic N) is 1. The predicted molar refractivity (Wildman–Crippen MR) is 104 cm³/mol. The van der Waals surface area contributed by atoms with Crippen LogP contribution in [0.3, 0.4) is 0 Å². The summed E-state index contributed by atoms with van der Waals surface area (Å²) in [5, 5.41) is 3.10. The number of carbonyl (C=O) groups is 1. The summed E-state index contributed by atoms with van der Waals surface area (Å²) in [7, 11) is 0. The average Bonchev–Trinajstić information content (AvgIpc) is 2.67. The molecule has 0 spiro atoms. The normalized spacial score (nSPS) is 18.6. The van der Waals surface area contributed by atoms with E-state index in [0.29, 0.717) is 12.5 Å². The number of carbonyl (C=O) groups excluding carboxylic acids is 1. The Morgan fingerprint density at radius 2 is 1.82 bits per heavy atom. The summed E-state index contributed by atoms with van der Waals surface area (Å²) in [4.78, 5) is 14.9. The van der Waals surface area contributed by atoms with E-state index in [1.54, 1.807) is 12.1 Å². The highest BCUT2D eigenvalue weighted by molar-refractivity contribution is 5.79. The van der Waals surface area contributed by atoms with Crippen LogP contribution in [0.25, 0.3) is 0 Å². The van der Waals surface area contributed by atoms with Gasteiger partial charge in [0.15, 0.2) is 0 Å². The van der Waals surface area contributed by atoms with Gasteiger partial charge in [-0.05, 0) is 48.6 Å². The monoisotopic (exact) mass is 388 g/mol. The number of hydrogen-bond donors (Lipinski definition) is 1. The van der Waals surface area contributed by atoms with Gasteiger partial charge in [0, 0.05) is 6.54 Å². The van der Waals surface area contributed by atoms with Crippen LogP contribution in [-0.4, -0.2) is 37.1 Å². The number of piperidine rings is 1. The number of halogens is 2. The van der Waals surface area contributed by atoms with Crippen LogP contribution < -0.4 is 10.1 Å². The van der Waals surface area contributed by atoms with Crippen molar-refractivity contribution >= 4 is 5.91 Å². The van der Waals surface area contributed by atoms with Crippen LogP contribution in [0.5, 0.6) is 5.75 Å². The van der Waals surface area contributed by atoms with Gasteiger partial charge in [-0.2, -0.15) is 8.78 Å². The molecule has 150 valence electrons. The number of benzene rings is 2. The molecule has 1 heterocycles. The van der Waals surface area contributed by atoms with E-state index in [0.717, 1.165) is 30.6 Å². The summed E-state index contributed by atoms with van der Waals surface area (Å²) in [6.45, 7) is 1.58. The zero-order chi connectivity index (χ0) is 19.9. The van der Waals surface area contributed by atoms with Gasteiger partial charge >= 0.3 is 6.61 Å². The molecule has 4 nitrogen and oxygen atoms in total. The molecule has 1 aliphatic heterocycles. The molecule has 1 N–H and O–H groups in total. The molecule has 1 amide bonds. The fourth-order valence-electron chi connectivity index (χ4n) is 3.69. The molecule has 1 aliphatic rings. The fraction of sp³-hybridized carbons (Fsp3) is 0.409. The molecule has 28 heavy (non-hydrogen) atoms. The summed E-state index contributed by atoms with van der Waals surface area (Å²) in [6.07, 6.45) is 2.32.